The van der Waals surface area contributed by atoms with Crippen LogP contribution in [-0.2, 0) is 0 Å². The van der Waals surface area contributed by atoms with Gasteiger partial charge in [-0.05, 0) is 74.4 Å². The third-order valence-electron chi connectivity index (χ3n) is 4.93. The fraction of sp³-hybridized carbons (Fsp3) is 0.130. The second kappa shape index (κ2) is 7.44. The zero-order chi connectivity index (χ0) is 20.7. The number of hydrogen-bond acceptors (Lipinski definition) is 2. The first-order chi connectivity index (χ1) is 13.9. The minimum absolute atomic E-state index is 0.473. The number of H-pyrrole nitrogens is 1. The van der Waals surface area contributed by atoms with E-state index >= 15 is 0 Å². The van der Waals surface area contributed by atoms with E-state index in [9.17, 15) is 5.26 Å². The molecule has 144 valence electrons. The molecule has 0 radical (unpaired) electrons. The van der Waals surface area contributed by atoms with E-state index < -0.39 is 0 Å². The van der Waals surface area contributed by atoms with Crippen LogP contribution in [0, 0.1) is 32.1 Å². The van der Waals surface area contributed by atoms with Crippen LogP contribution in [0.1, 0.15) is 28.3 Å². The number of aromatic amines is 1. The second-order valence-corrected chi connectivity index (χ2v) is 7.88. The Bertz CT molecular complexity index is 1320. The van der Waals surface area contributed by atoms with Crippen LogP contribution in [0.15, 0.2) is 42.5 Å². The van der Waals surface area contributed by atoms with Crippen molar-refractivity contribution < 1.29 is 0 Å². The molecular formula is C23H18Cl2N4. The van der Waals surface area contributed by atoms with E-state index in [1.54, 1.807) is 6.07 Å². The molecule has 0 atom stereocenters. The van der Waals surface area contributed by atoms with Gasteiger partial charge in [0.25, 0.3) is 0 Å². The number of allylic oxidation sites excluding steroid dienone is 1. The average molecular weight is 421 g/mol. The minimum atomic E-state index is 0.473. The van der Waals surface area contributed by atoms with Gasteiger partial charge >= 0.3 is 0 Å². The predicted octanol–water partition coefficient (Wildman–Crippen LogP) is 6.65. The summed E-state index contributed by atoms with van der Waals surface area (Å²) < 4.78 is 2.06. The van der Waals surface area contributed by atoms with Crippen molar-refractivity contribution in [2.45, 2.75) is 20.8 Å². The fourth-order valence-electron chi connectivity index (χ4n) is 3.53. The summed E-state index contributed by atoms with van der Waals surface area (Å²) in [5.74, 6) is 0.558. The number of nitrogens with zero attached hydrogens (tertiary/aromatic N) is 3. The molecular weight excluding hydrogens is 403 g/mol. The smallest absolute Gasteiger partial charge is 0.149 e. The van der Waals surface area contributed by atoms with Gasteiger partial charge < -0.3 is 9.55 Å². The maximum absolute atomic E-state index is 9.76. The molecule has 1 N–H and O–H groups in total. The molecule has 4 rings (SSSR count). The van der Waals surface area contributed by atoms with E-state index in [4.69, 9.17) is 23.2 Å². The van der Waals surface area contributed by atoms with Gasteiger partial charge in [0, 0.05) is 16.4 Å². The van der Waals surface area contributed by atoms with Gasteiger partial charge in [-0.2, -0.15) is 5.26 Å². The van der Waals surface area contributed by atoms with Crippen molar-refractivity contribution in [1.29, 1.82) is 5.26 Å². The van der Waals surface area contributed by atoms with Crippen molar-refractivity contribution in [3.8, 4) is 11.8 Å². The van der Waals surface area contributed by atoms with E-state index in [0.29, 0.717) is 21.4 Å². The molecule has 0 aliphatic heterocycles. The number of nitriles is 1. The van der Waals surface area contributed by atoms with Gasteiger partial charge in [-0.1, -0.05) is 29.3 Å². The molecule has 6 heteroatoms. The first kappa shape index (κ1) is 19.3. The summed E-state index contributed by atoms with van der Waals surface area (Å²) in [5, 5.41) is 10.9. The molecule has 0 aliphatic carbocycles. The number of halogens is 2. The summed E-state index contributed by atoms with van der Waals surface area (Å²) in [5.41, 5.74) is 7.14. The van der Waals surface area contributed by atoms with Crippen LogP contribution in [0.2, 0.25) is 10.0 Å². The summed E-state index contributed by atoms with van der Waals surface area (Å²) in [6.07, 6.45) is 1.85. The number of benzene rings is 2. The predicted molar refractivity (Wildman–Crippen MR) is 120 cm³/mol. The zero-order valence-corrected chi connectivity index (χ0v) is 17.7. The second-order valence-electron chi connectivity index (χ2n) is 7.03. The highest BCUT2D eigenvalue weighted by molar-refractivity contribution is 6.35. The molecule has 0 saturated carbocycles. The molecule has 0 bridgehead atoms. The highest BCUT2D eigenvalue weighted by Crippen LogP contribution is 2.30. The summed E-state index contributed by atoms with van der Waals surface area (Å²) in [6, 6.07) is 15.7. The monoisotopic (exact) mass is 420 g/mol. The Morgan fingerprint density at radius 3 is 2.62 bits per heavy atom. The molecule has 2 aromatic heterocycles. The Morgan fingerprint density at radius 2 is 1.90 bits per heavy atom. The largest absolute Gasteiger partial charge is 0.337 e. The Hall–Kier alpha value is -3.00. The molecule has 0 fully saturated rings. The maximum Gasteiger partial charge on any atom is 0.149 e. The standard InChI is InChI=1S/C23H18Cl2N4/c1-13-4-6-20-21(8-13)28-23(27-20)17(12-26)10-16-9-14(2)29(15(16)3)22-7-5-18(24)11-19(22)25/h4-11H,1-3H3,(H,27,28)/b17-10-. The summed E-state index contributed by atoms with van der Waals surface area (Å²) in [6.45, 7) is 6.03. The van der Waals surface area contributed by atoms with Crippen molar-refractivity contribution in [3.63, 3.8) is 0 Å². The fourth-order valence-corrected chi connectivity index (χ4v) is 4.02. The molecule has 4 aromatic rings. The number of fused-ring (bicyclic) bond motifs is 1. The van der Waals surface area contributed by atoms with Gasteiger partial charge in [0.15, 0.2) is 0 Å². The molecule has 2 heterocycles. The van der Waals surface area contributed by atoms with Gasteiger partial charge in [-0.3, -0.25) is 0 Å². The van der Waals surface area contributed by atoms with Gasteiger partial charge in [-0.25, -0.2) is 4.98 Å². The molecule has 0 amide bonds. The number of nitrogens with one attached hydrogen (secondary N) is 1. The molecule has 0 aliphatic rings. The lowest BCUT2D eigenvalue weighted by molar-refractivity contribution is 0.965. The Labute approximate surface area is 179 Å². The van der Waals surface area contributed by atoms with Gasteiger partial charge in [-0.15, -0.1) is 0 Å². The molecule has 4 nitrogen and oxygen atoms in total. The van der Waals surface area contributed by atoms with E-state index in [-0.39, 0.29) is 0 Å². The number of aryl methyl sites for hydroxylation is 2. The van der Waals surface area contributed by atoms with Crippen LogP contribution in [0.4, 0.5) is 0 Å². The number of rotatable bonds is 3. The first-order valence-electron chi connectivity index (χ1n) is 9.10. The minimum Gasteiger partial charge on any atom is -0.337 e. The van der Waals surface area contributed by atoms with Crippen molar-refractivity contribution in [1.82, 2.24) is 14.5 Å². The van der Waals surface area contributed by atoms with Crippen LogP contribution < -0.4 is 0 Å². The van der Waals surface area contributed by atoms with Crippen molar-refractivity contribution >= 4 is 45.9 Å². The molecule has 0 unspecified atom stereocenters. The van der Waals surface area contributed by atoms with Crippen molar-refractivity contribution in [3.05, 3.63) is 80.8 Å². The highest BCUT2D eigenvalue weighted by Gasteiger charge is 2.14. The Kier molecular flexibility index (Phi) is 4.96. The number of hydrogen-bond donors (Lipinski definition) is 1. The summed E-state index contributed by atoms with van der Waals surface area (Å²) in [7, 11) is 0. The Balaban J connectivity index is 1.81. The van der Waals surface area contributed by atoms with E-state index in [0.717, 1.165) is 39.2 Å². The third-order valence-corrected chi connectivity index (χ3v) is 5.47. The first-order valence-corrected chi connectivity index (χ1v) is 9.86. The Morgan fingerprint density at radius 1 is 1.10 bits per heavy atom. The van der Waals surface area contributed by atoms with E-state index in [1.807, 2.05) is 63.2 Å². The van der Waals surface area contributed by atoms with Crippen LogP contribution >= 0.6 is 23.2 Å². The van der Waals surface area contributed by atoms with E-state index in [1.165, 1.54) is 0 Å². The molecule has 0 spiro atoms. The van der Waals surface area contributed by atoms with E-state index in [2.05, 4.69) is 20.6 Å². The lowest BCUT2D eigenvalue weighted by Crippen LogP contribution is -2.00. The molecule has 2 aromatic carbocycles. The van der Waals surface area contributed by atoms with Crippen molar-refractivity contribution in [2.24, 2.45) is 0 Å². The topological polar surface area (TPSA) is 57.4 Å². The van der Waals surface area contributed by atoms with Crippen LogP contribution in [0.25, 0.3) is 28.4 Å². The molecule has 29 heavy (non-hydrogen) atoms. The third kappa shape index (κ3) is 3.55. The average Bonchev–Trinajstić information content (AvgIpc) is 3.20. The van der Waals surface area contributed by atoms with Crippen molar-refractivity contribution in [2.75, 3.05) is 0 Å². The number of aromatic nitrogens is 3. The van der Waals surface area contributed by atoms with Crippen LogP contribution in [0.5, 0.6) is 0 Å². The van der Waals surface area contributed by atoms with Gasteiger partial charge in [0.1, 0.15) is 11.9 Å². The summed E-state index contributed by atoms with van der Waals surface area (Å²) in [4.78, 5) is 7.82. The van der Waals surface area contributed by atoms with Gasteiger partial charge in [0.05, 0.1) is 27.3 Å². The van der Waals surface area contributed by atoms with Crippen LogP contribution in [-0.4, -0.2) is 14.5 Å². The normalized spacial score (nSPS) is 11.8. The lowest BCUT2D eigenvalue weighted by Gasteiger charge is -2.12. The maximum atomic E-state index is 9.76. The van der Waals surface area contributed by atoms with Gasteiger partial charge in [0.2, 0.25) is 0 Å². The lowest BCUT2D eigenvalue weighted by atomic mass is 10.1. The van der Waals surface area contributed by atoms with Crippen LogP contribution in [0.3, 0.4) is 0 Å². The number of imidazole rings is 1. The quantitative estimate of drug-likeness (QED) is 0.377. The zero-order valence-electron chi connectivity index (χ0n) is 16.2. The SMILES string of the molecule is Cc1ccc2nc(/C(C#N)=C\c3cc(C)n(-c4ccc(Cl)cc4Cl)c3C)[nH]c2c1. The summed E-state index contributed by atoms with van der Waals surface area (Å²) >= 11 is 12.5. The highest BCUT2D eigenvalue weighted by atomic mass is 35.5. The molecule has 0 saturated heterocycles.